The maximum Gasteiger partial charge on any atom is 0.240 e. The Labute approximate surface area is 204 Å². The fourth-order valence-electron chi connectivity index (χ4n) is 4.06. The second-order valence-corrected chi connectivity index (χ2v) is 10.8. The molecule has 1 N–H and O–H groups in total. The third kappa shape index (κ3) is 6.16. The van der Waals surface area contributed by atoms with Crippen molar-refractivity contribution in [2.24, 2.45) is 0 Å². The number of ether oxygens (including phenoxy) is 1. The zero-order valence-electron chi connectivity index (χ0n) is 18.4. The molecule has 0 aliphatic carbocycles. The minimum Gasteiger partial charge on any atom is -0.493 e. The summed E-state index contributed by atoms with van der Waals surface area (Å²) < 4.78 is 34.2. The van der Waals surface area contributed by atoms with Crippen LogP contribution in [0, 0.1) is 6.92 Å². The van der Waals surface area contributed by atoms with E-state index in [2.05, 4.69) is 14.6 Å². The number of benzene rings is 2. The van der Waals surface area contributed by atoms with E-state index in [0.717, 1.165) is 61.2 Å². The molecule has 1 saturated heterocycles. The first-order valence-corrected chi connectivity index (χ1v) is 13.2. The lowest BCUT2D eigenvalue weighted by atomic mass is 10.1. The number of fused-ring (bicyclic) bond motifs is 1. The first kappa shape index (κ1) is 24.2. The molecule has 1 fully saturated rings. The van der Waals surface area contributed by atoms with Gasteiger partial charge in [0.2, 0.25) is 10.0 Å². The summed E-state index contributed by atoms with van der Waals surface area (Å²) in [4.78, 5) is 7.03. The maximum absolute atomic E-state index is 12.7. The van der Waals surface area contributed by atoms with E-state index < -0.39 is 10.0 Å². The number of sulfonamides is 1. The Morgan fingerprint density at radius 1 is 1.09 bits per heavy atom. The van der Waals surface area contributed by atoms with Gasteiger partial charge in [0.1, 0.15) is 5.75 Å². The molecule has 6 nitrogen and oxygen atoms in total. The molecule has 0 spiro atoms. The summed E-state index contributed by atoms with van der Waals surface area (Å²) >= 11 is 11.9. The van der Waals surface area contributed by atoms with Crippen molar-refractivity contribution in [1.82, 2.24) is 14.6 Å². The smallest absolute Gasteiger partial charge is 0.240 e. The third-order valence-electron chi connectivity index (χ3n) is 5.79. The molecule has 1 aromatic heterocycles. The molecule has 33 heavy (non-hydrogen) atoms. The van der Waals surface area contributed by atoms with E-state index in [1.165, 1.54) is 18.2 Å². The first-order chi connectivity index (χ1) is 15.8. The second-order valence-electron chi connectivity index (χ2n) is 8.29. The molecular weight excluding hydrogens is 481 g/mol. The molecule has 9 heteroatoms. The first-order valence-electron chi connectivity index (χ1n) is 11.0. The molecule has 0 unspecified atom stereocenters. The SMILES string of the molecule is Cc1cc(OCCCN2CCC(NS(=O)(=O)c3ccc(Cl)c(Cl)c3)CC2)c2ccccc2n1. The molecule has 0 bridgehead atoms. The van der Waals surface area contributed by atoms with Gasteiger partial charge >= 0.3 is 0 Å². The molecule has 1 aliphatic heterocycles. The van der Waals surface area contributed by atoms with Gasteiger partial charge in [-0.15, -0.1) is 0 Å². The van der Waals surface area contributed by atoms with Gasteiger partial charge in [-0.2, -0.15) is 0 Å². The second kappa shape index (κ2) is 10.6. The third-order valence-corrected chi connectivity index (χ3v) is 8.05. The summed E-state index contributed by atoms with van der Waals surface area (Å²) in [5, 5.41) is 1.59. The van der Waals surface area contributed by atoms with Gasteiger partial charge in [-0.3, -0.25) is 4.98 Å². The lowest BCUT2D eigenvalue weighted by Crippen LogP contribution is -2.44. The van der Waals surface area contributed by atoms with E-state index in [0.29, 0.717) is 11.6 Å². The number of pyridine rings is 1. The Hall–Kier alpha value is -1.90. The molecule has 1 aliphatic rings. The van der Waals surface area contributed by atoms with Crippen LogP contribution in [0.2, 0.25) is 10.0 Å². The van der Waals surface area contributed by atoms with Crippen molar-refractivity contribution in [2.75, 3.05) is 26.2 Å². The van der Waals surface area contributed by atoms with Crippen molar-refractivity contribution in [3.8, 4) is 5.75 Å². The molecule has 4 rings (SSSR count). The maximum atomic E-state index is 12.7. The van der Waals surface area contributed by atoms with Crippen molar-refractivity contribution in [1.29, 1.82) is 0 Å². The number of halogens is 2. The summed E-state index contributed by atoms with van der Waals surface area (Å²) in [6, 6.07) is 14.2. The Morgan fingerprint density at radius 2 is 1.85 bits per heavy atom. The van der Waals surface area contributed by atoms with Gasteiger partial charge in [0, 0.05) is 29.7 Å². The Kier molecular flexibility index (Phi) is 7.76. The van der Waals surface area contributed by atoms with Gasteiger partial charge in [-0.05, 0) is 69.6 Å². The van der Waals surface area contributed by atoms with Crippen LogP contribution in [0.3, 0.4) is 0 Å². The topological polar surface area (TPSA) is 71.5 Å². The number of para-hydroxylation sites is 1. The number of aryl methyl sites for hydroxylation is 1. The number of likely N-dealkylation sites (tertiary alicyclic amines) is 1. The Bertz CT molecular complexity index is 1230. The number of hydrogen-bond donors (Lipinski definition) is 1. The van der Waals surface area contributed by atoms with Crippen molar-refractivity contribution >= 4 is 44.1 Å². The molecule has 0 atom stereocenters. The largest absolute Gasteiger partial charge is 0.493 e. The minimum absolute atomic E-state index is 0.0943. The van der Waals surface area contributed by atoms with E-state index in [1.807, 2.05) is 37.3 Å². The van der Waals surface area contributed by atoms with Crippen LogP contribution in [0.25, 0.3) is 10.9 Å². The van der Waals surface area contributed by atoms with Gasteiger partial charge in [-0.1, -0.05) is 35.3 Å². The van der Waals surface area contributed by atoms with E-state index in [4.69, 9.17) is 27.9 Å². The standard InChI is InChI=1S/C24H27Cl2N3O3S/c1-17-15-24(20-5-2-3-6-23(20)27-17)32-14-4-11-29-12-9-18(10-13-29)28-33(30,31)19-7-8-21(25)22(26)16-19/h2-3,5-8,15-16,18,28H,4,9-14H2,1H3. The summed E-state index contributed by atoms with van der Waals surface area (Å²) in [6.07, 6.45) is 2.42. The Morgan fingerprint density at radius 3 is 2.61 bits per heavy atom. The number of nitrogens with zero attached hydrogens (tertiary/aromatic N) is 2. The van der Waals surface area contributed by atoms with Gasteiger partial charge in [-0.25, -0.2) is 13.1 Å². The minimum atomic E-state index is -3.63. The summed E-state index contributed by atoms with van der Waals surface area (Å²) in [6.45, 7) is 5.18. The average molecular weight is 508 g/mol. The molecule has 0 amide bonds. The van der Waals surface area contributed by atoms with Crippen LogP contribution in [0.1, 0.15) is 25.0 Å². The van der Waals surface area contributed by atoms with Crippen molar-refractivity contribution in [3.05, 3.63) is 64.3 Å². The van der Waals surface area contributed by atoms with Gasteiger partial charge < -0.3 is 9.64 Å². The zero-order chi connectivity index (χ0) is 23.4. The quantitative estimate of drug-likeness (QED) is 0.431. The summed E-state index contributed by atoms with van der Waals surface area (Å²) in [5.74, 6) is 0.869. The van der Waals surface area contributed by atoms with Crippen LogP contribution >= 0.6 is 23.2 Å². The highest BCUT2D eigenvalue weighted by molar-refractivity contribution is 7.89. The van der Waals surface area contributed by atoms with Crippen molar-refractivity contribution in [2.45, 2.75) is 37.1 Å². The number of nitrogens with one attached hydrogen (secondary N) is 1. The van der Waals surface area contributed by atoms with Crippen LogP contribution in [-0.4, -0.2) is 50.6 Å². The van der Waals surface area contributed by atoms with Crippen molar-refractivity contribution < 1.29 is 13.2 Å². The average Bonchev–Trinajstić information content (AvgIpc) is 2.79. The summed E-state index contributed by atoms with van der Waals surface area (Å²) in [5.41, 5.74) is 1.88. The predicted octanol–water partition coefficient (Wildman–Crippen LogP) is 5.06. The molecule has 176 valence electrons. The number of aromatic nitrogens is 1. The molecule has 2 heterocycles. The predicted molar refractivity (Wildman–Crippen MR) is 133 cm³/mol. The highest BCUT2D eigenvalue weighted by atomic mass is 35.5. The van der Waals surface area contributed by atoms with Gasteiger partial charge in [0.15, 0.2) is 0 Å². The molecule has 0 radical (unpaired) electrons. The molecule has 0 saturated carbocycles. The number of rotatable bonds is 8. The van der Waals surface area contributed by atoms with Crippen LogP contribution in [0.15, 0.2) is 53.4 Å². The van der Waals surface area contributed by atoms with Gasteiger partial charge in [0.25, 0.3) is 0 Å². The number of piperidine rings is 1. The van der Waals surface area contributed by atoms with E-state index >= 15 is 0 Å². The van der Waals surface area contributed by atoms with Crippen molar-refractivity contribution in [3.63, 3.8) is 0 Å². The normalized spacial score (nSPS) is 15.7. The fraction of sp³-hybridized carbons (Fsp3) is 0.375. The van der Waals surface area contributed by atoms with E-state index in [1.54, 1.807) is 0 Å². The number of hydrogen-bond acceptors (Lipinski definition) is 5. The molecular formula is C24H27Cl2N3O3S. The highest BCUT2D eigenvalue weighted by Gasteiger charge is 2.25. The lowest BCUT2D eigenvalue weighted by molar-refractivity contribution is 0.190. The van der Waals surface area contributed by atoms with Crippen LogP contribution < -0.4 is 9.46 Å². The zero-order valence-corrected chi connectivity index (χ0v) is 20.8. The summed E-state index contributed by atoms with van der Waals surface area (Å²) in [7, 11) is -3.63. The van der Waals surface area contributed by atoms with Crippen LogP contribution in [-0.2, 0) is 10.0 Å². The highest BCUT2D eigenvalue weighted by Crippen LogP contribution is 2.26. The molecule has 3 aromatic rings. The lowest BCUT2D eigenvalue weighted by Gasteiger charge is -2.32. The monoisotopic (exact) mass is 507 g/mol. The van der Waals surface area contributed by atoms with Crippen LogP contribution in [0.4, 0.5) is 0 Å². The Balaban J connectivity index is 1.23. The van der Waals surface area contributed by atoms with E-state index in [9.17, 15) is 8.42 Å². The molecule has 2 aromatic carbocycles. The van der Waals surface area contributed by atoms with Gasteiger partial charge in [0.05, 0.1) is 27.1 Å². The fourth-order valence-corrected chi connectivity index (χ4v) is 5.76. The van der Waals surface area contributed by atoms with E-state index in [-0.39, 0.29) is 16.0 Å². The van der Waals surface area contributed by atoms with Crippen LogP contribution in [0.5, 0.6) is 5.75 Å².